The van der Waals surface area contributed by atoms with Crippen LogP contribution in [0.1, 0.15) is 17.2 Å². The second-order valence-electron chi connectivity index (χ2n) is 6.29. The summed E-state index contributed by atoms with van der Waals surface area (Å²) in [7, 11) is 1.55. The van der Waals surface area contributed by atoms with Crippen LogP contribution in [0.2, 0.25) is 0 Å². The lowest BCUT2D eigenvalue weighted by atomic mass is 10.3. The van der Waals surface area contributed by atoms with Gasteiger partial charge in [-0.1, -0.05) is 0 Å². The molecule has 1 N–H and O–H groups in total. The van der Waals surface area contributed by atoms with Crippen molar-refractivity contribution >= 4 is 11.9 Å². The summed E-state index contributed by atoms with van der Waals surface area (Å²) in [4.78, 5) is 31.5. The maximum atomic E-state index is 12.6. The molecular formula is C18H24N4O5. The summed E-state index contributed by atoms with van der Waals surface area (Å²) in [6.45, 7) is 4.54. The molecule has 0 saturated carbocycles. The van der Waals surface area contributed by atoms with Crippen LogP contribution < -0.4 is 15.8 Å². The molecular weight excluding hydrogens is 352 g/mol. The average Bonchev–Trinajstić information content (AvgIpc) is 3.08. The molecule has 2 aromatic rings. The fourth-order valence-electron chi connectivity index (χ4n) is 2.88. The van der Waals surface area contributed by atoms with Crippen LogP contribution in [0.3, 0.4) is 0 Å². The number of nitrogens with zero attached hydrogens (tertiary/aromatic N) is 3. The Morgan fingerprint density at radius 1 is 1.33 bits per heavy atom. The van der Waals surface area contributed by atoms with E-state index >= 15 is 0 Å². The molecule has 9 heteroatoms. The van der Waals surface area contributed by atoms with Crippen LogP contribution >= 0.6 is 0 Å². The molecule has 27 heavy (non-hydrogen) atoms. The zero-order valence-electron chi connectivity index (χ0n) is 15.6. The van der Waals surface area contributed by atoms with E-state index in [9.17, 15) is 9.59 Å². The smallest absolute Gasteiger partial charge is 0.255 e. The number of aryl methyl sites for hydroxylation is 1. The monoisotopic (exact) mass is 376 g/mol. The SMILES string of the molecule is COCc1cc(=O)n(CC(=O)NCc2ccc(C)o2)c(N2CCOCC2)n1. The highest BCUT2D eigenvalue weighted by Crippen LogP contribution is 2.13. The third-order valence-corrected chi connectivity index (χ3v) is 4.18. The first-order valence-electron chi connectivity index (χ1n) is 8.81. The summed E-state index contributed by atoms with van der Waals surface area (Å²) in [5.41, 5.74) is 0.245. The summed E-state index contributed by atoms with van der Waals surface area (Å²) in [5.74, 6) is 1.61. The van der Waals surface area contributed by atoms with Gasteiger partial charge in [-0.25, -0.2) is 4.98 Å². The van der Waals surface area contributed by atoms with E-state index in [1.807, 2.05) is 24.0 Å². The van der Waals surface area contributed by atoms with Gasteiger partial charge in [0.15, 0.2) is 0 Å². The molecule has 0 unspecified atom stereocenters. The quantitative estimate of drug-likeness (QED) is 0.749. The number of hydrogen-bond donors (Lipinski definition) is 1. The van der Waals surface area contributed by atoms with E-state index in [-0.39, 0.29) is 31.2 Å². The van der Waals surface area contributed by atoms with E-state index in [0.29, 0.717) is 43.7 Å². The van der Waals surface area contributed by atoms with Crippen LogP contribution in [0.4, 0.5) is 5.95 Å². The fraction of sp³-hybridized carbons (Fsp3) is 0.500. The Morgan fingerprint density at radius 3 is 2.78 bits per heavy atom. The summed E-state index contributed by atoms with van der Waals surface area (Å²) in [6, 6.07) is 5.04. The average molecular weight is 376 g/mol. The van der Waals surface area contributed by atoms with Crippen molar-refractivity contribution in [3.05, 3.63) is 45.8 Å². The van der Waals surface area contributed by atoms with Crippen LogP contribution in [0.25, 0.3) is 0 Å². The van der Waals surface area contributed by atoms with Gasteiger partial charge in [0.25, 0.3) is 5.56 Å². The molecule has 3 heterocycles. The van der Waals surface area contributed by atoms with Gasteiger partial charge in [-0.05, 0) is 19.1 Å². The molecule has 1 aliphatic heterocycles. The predicted octanol–water partition coefficient (Wildman–Crippen LogP) is 0.444. The molecule has 1 saturated heterocycles. The van der Waals surface area contributed by atoms with Crippen LogP contribution in [0, 0.1) is 6.92 Å². The van der Waals surface area contributed by atoms with Gasteiger partial charge in [0.05, 0.1) is 32.1 Å². The number of methoxy groups -OCH3 is 1. The number of ether oxygens (including phenoxy) is 2. The minimum atomic E-state index is -0.290. The Balaban J connectivity index is 1.77. The normalized spacial score (nSPS) is 14.4. The first kappa shape index (κ1) is 19.1. The first-order chi connectivity index (χ1) is 13.1. The van der Waals surface area contributed by atoms with Gasteiger partial charge in [-0.2, -0.15) is 0 Å². The third-order valence-electron chi connectivity index (χ3n) is 4.18. The number of amides is 1. The number of nitrogens with one attached hydrogen (secondary N) is 1. The van der Waals surface area contributed by atoms with Gasteiger partial charge in [0.1, 0.15) is 18.1 Å². The molecule has 1 fully saturated rings. The molecule has 0 atom stereocenters. The lowest BCUT2D eigenvalue weighted by Gasteiger charge is -2.29. The molecule has 0 radical (unpaired) electrons. The van der Waals surface area contributed by atoms with E-state index in [1.165, 1.54) is 10.6 Å². The van der Waals surface area contributed by atoms with Crippen molar-refractivity contribution in [2.75, 3.05) is 38.3 Å². The zero-order valence-corrected chi connectivity index (χ0v) is 15.6. The molecule has 9 nitrogen and oxygen atoms in total. The third kappa shape index (κ3) is 4.95. The summed E-state index contributed by atoms with van der Waals surface area (Å²) in [5, 5.41) is 2.77. The highest BCUT2D eigenvalue weighted by Gasteiger charge is 2.20. The Morgan fingerprint density at radius 2 is 2.11 bits per heavy atom. The van der Waals surface area contributed by atoms with Gasteiger partial charge in [0.2, 0.25) is 11.9 Å². The van der Waals surface area contributed by atoms with Gasteiger partial charge in [-0.3, -0.25) is 14.2 Å². The van der Waals surface area contributed by atoms with Crippen molar-refractivity contribution < 1.29 is 18.7 Å². The number of rotatable bonds is 7. The largest absolute Gasteiger partial charge is 0.465 e. The number of hydrogen-bond acceptors (Lipinski definition) is 7. The van der Waals surface area contributed by atoms with Gasteiger partial charge in [-0.15, -0.1) is 0 Å². The van der Waals surface area contributed by atoms with Crippen LogP contribution in [0.5, 0.6) is 0 Å². The van der Waals surface area contributed by atoms with Crippen LogP contribution in [0.15, 0.2) is 27.4 Å². The highest BCUT2D eigenvalue weighted by atomic mass is 16.5. The Bertz CT molecular complexity index is 839. The highest BCUT2D eigenvalue weighted by molar-refractivity contribution is 5.76. The molecule has 0 aliphatic carbocycles. The van der Waals surface area contributed by atoms with Crippen molar-refractivity contribution in [3.8, 4) is 0 Å². The predicted molar refractivity (Wildman–Crippen MR) is 97.5 cm³/mol. The van der Waals surface area contributed by atoms with Crippen molar-refractivity contribution in [1.82, 2.24) is 14.9 Å². The van der Waals surface area contributed by atoms with E-state index in [2.05, 4.69) is 10.3 Å². The van der Waals surface area contributed by atoms with E-state index in [1.54, 1.807) is 7.11 Å². The summed E-state index contributed by atoms with van der Waals surface area (Å²) in [6.07, 6.45) is 0. The molecule has 0 aromatic carbocycles. The topological polar surface area (TPSA) is 98.8 Å². The number of anilines is 1. The van der Waals surface area contributed by atoms with Gasteiger partial charge < -0.3 is 24.1 Å². The van der Waals surface area contributed by atoms with E-state index < -0.39 is 0 Å². The minimum Gasteiger partial charge on any atom is -0.465 e. The molecule has 0 bridgehead atoms. The number of carbonyl (C=O) groups is 1. The molecule has 1 aliphatic rings. The van der Waals surface area contributed by atoms with Crippen LogP contribution in [-0.2, 0) is 34.0 Å². The Hall–Kier alpha value is -2.65. The van der Waals surface area contributed by atoms with Crippen LogP contribution in [-0.4, -0.2) is 48.9 Å². The lowest BCUT2D eigenvalue weighted by Crippen LogP contribution is -2.42. The molecule has 2 aromatic heterocycles. The second kappa shape index (κ2) is 8.83. The first-order valence-corrected chi connectivity index (χ1v) is 8.81. The maximum absolute atomic E-state index is 12.6. The number of furan rings is 1. The maximum Gasteiger partial charge on any atom is 0.255 e. The van der Waals surface area contributed by atoms with E-state index in [0.717, 1.165) is 5.76 Å². The van der Waals surface area contributed by atoms with E-state index in [4.69, 9.17) is 13.9 Å². The Kier molecular flexibility index (Phi) is 6.25. The molecule has 0 spiro atoms. The zero-order chi connectivity index (χ0) is 19.2. The number of morpholine rings is 1. The number of aromatic nitrogens is 2. The molecule has 1 amide bonds. The Labute approximate surface area is 156 Å². The number of carbonyl (C=O) groups excluding carboxylic acids is 1. The van der Waals surface area contributed by atoms with Crippen molar-refractivity contribution in [2.24, 2.45) is 0 Å². The molecule has 146 valence electrons. The van der Waals surface area contributed by atoms with Crippen molar-refractivity contribution in [1.29, 1.82) is 0 Å². The van der Waals surface area contributed by atoms with Gasteiger partial charge in [0, 0.05) is 26.3 Å². The lowest BCUT2D eigenvalue weighted by molar-refractivity contribution is -0.121. The van der Waals surface area contributed by atoms with Gasteiger partial charge >= 0.3 is 0 Å². The van der Waals surface area contributed by atoms with Crippen molar-refractivity contribution in [3.63, 3.8) is 0 Å². The second-order valence-corrected chi connectivity index (χ2v) is 6.29. The summed E-state index contributed by atoms with van der Waals surface area (Å²) < 4.78 is 17.3. The molecule has 3 rings (SSSR count). The summed E-state index contributed by atoms with van der Waals surface area (Å²) >= 11 is 0. The standard InChI is InChI=1S/C18H24N4O5/c1-13-3-4-15(27-13)10-19-16(23)11-22-17(24)9-14(12-25-2)20-18(22)21-5-7-26-8-6-21/h3-4,9H,5-8,10-12H2,1-2H3,(H,19,23). The fourth-order valence-corrected chi connectivity index (χ4v) is 2.88. The minimum absolute atomic E-state index is 0.120. The van der Waals surface area contributed by atoms with Crippen molar-refractivity contribution in [2.45, 2.75) is 26.6 Å².